The van der Waals surface area contributed by atoms with Crippen LogP contribution in [-0.4, -0.2) is 28.8 Å². The van der Waals surface area contributed by atoms with Gasteiger partial charge in [-0.25, -0.2) is 0 Å². The highest BCUT2D eigenvalue weighted by Gasteiger charge is 2.30. The fourth-order valence-electron chi connectivity index (χ4n) is 4.74. The number of nitrogens with zero attached hydrogens (tertiary/aromatic N) is 1. The summed E-state index contributed by atoms with van der Waals surface area (Å²) in [6.45, 7) is 8.59. The molecule has 3 rings (SSSR count). The lowest BCUT2D eigenvalue weighted by molar-refractivity contribution is -0.141. The number of nitrogens with one attached hydrogen (secondary N) is 1. The van der Waals surface area contributed by atoms with Crippen LogP contribution in [-0.2, 0) is 22.6 Å². The topological polar surface area (TPSA) is 49.4 Å². The summed E-state index contributed by atoms with van der Waals surface area (Å²) in [5.74, 6) is -0.0178. The van der Waals surface area contributed by atoms with Crippen LogP contribution in [0.5, 0.6) is 0 Å². The SMILES string of the molecule is CC[C@@H](C(=O)NC1CCCC1)N(Cc1cccc(C)c1)C(=O)Cc1cc(C)cc(C)c1. The number of carbonyl (C=O) groups is 2. The third-order valence-electron chi connectivity index (χ3n) is 6.16. The van der Waals surface area contributed by atoms with Gasteiger partial charge in [-0.1, -0.05) is 78.9 Å². The van der Waals surface area contributed by atoms with E-state index in [4.69, 9.17) is 0 Å². The quantitative estimate of drug-likeness (QED) is 0.652. The molecule has 0 saturated heterocycles. The predicted octanol–water partition coefficient (Wildman–Crippen LogP) is 5.02. The summed E-state index contributed by atoms with van der Waals surface area (Å²) in [5.41, 5.74) is 5.52. The molecular formula is C27H36N2O2. The van der Waals surface area contributed by atoms with Gasteiger partial charge < -0.3 is 10.2 Å². The van der Waals surface area contributed by atoms with E-state index >= 15 is 0 Å². The molecule has 1 saturated carbocycles. The third kappa shape index (κ3) is 6.43. The molecule has 2 aromatic rings. The Morgan fingerprint density at radius 1 is 0.968 bits per heavy atom. The number of rotatable bonds is 8. The van der Waals surface area contributed by atoms with Crippen molar-refractivity contribution in [1.82, 2.24) is 10.2 Å². The number of carbonyl (C=O) groups excluding carboxylic acids is 2. The van der Waals surface area contributed by atoms with E-state index in [1.54, 1.807) is 4.90 Å². The minimum absolute atomic E-state index is 0.0000666. The molecule has 0 heterocycles. The maximum atomic E-state index is 13.5. The van der Waals surface area contributed by atoms with E-state index in [9.17, 15) is 9.59 Å². The van der Waals surface area contributed by atoms with Gasteiger partial charge in [0.2, 0.25) is 11.8 Å². The first-order valence-corrected chi connectivity index (χ1v) is 11.6. The Morgan fingerprint density at radius 3 is 2.23 bits per heavy atom. The average molecular weight is 421 g/mol. The Hall–Kier alpha value is -2.62. The highest BCUT2D eigenvalue weighted by molar-refractivity contribution is 5.88. The van der Waals surface area contributed by atoms with Crippen LogP contribution in [0.25, 0.3) is 0 Å². The first kappa shape index (κ1) is 23.1. The second-order valence-corrected chi connectivity index (χ2v) is 9.10. The van der Waals surface area contributed by atoms with Gasteiger partial charge in [0.15, 0.2) is 0 Å². The van der Waals surface area contributed by atoms with Crippen molar-refractivity contribution in [3.8, 4) is 0 Å². The molecule has 166 valence electrons. The molecule has 0 spiro atoms. The Balaban J connectivity index is 1.84. The van der Waals surface area contributed by atoms with Crippen molar-refractivity contribution in [2.75, 3.05) is 0 Å². The number of benzene rings is 2. The van der Waals surface area contributed by atoms with Gasteiger partial charge >= 0.3 is 0 Å². The number of amides is 2. The second-order valence-electron chi connectivity index (χ2n) is 9.10. The summed E-state index contributed by atoms with van der Waals surface area (Å²) in [6.07, 6.45) is 5.32. The van der Waals surface area contributed by atoms with Crippen LogP contribution in [0, 0.1) is 20.8 Å². The van der Waals surface area contributed by atoms with Crippen LogP contribution >= 0.6 is 0 Å². The number of aryl methyl sites for hydroxylation is 3. The van der Waals surface area contributed by atoms with Gasteiger partial charge in [-0.15, -0.1) is 0 Å². The Kier molecular flexibility index (Phi) is 7.89. The summed E-state index contributed by atoms with van der Waals surface area (Å²) < 4.78 is 0. The van der Waals surface area contributed by atoms with Crippen molar-refractivity contribution in [3.63, 3.8) is 0 Å². The molecule has 2 amide bonds. The molecule has 0 radical (unpaired) electrons. The van der Waals surface area contributed by atoms with Gasteiger partial charge in [0, 0.05) is 12.6 Å². The minimum Gasteiger partial charge on any atom is -0.352 e. The van der Waals surface area contributed by atoms with E-state index < -0.39 is 6.04 Å². The van der Waals surface area contributed by atoms with Crippen molar-refractivity contribution >= 4 is 11.8 Å². The maximum absolute atomic E-state index is 13.5. The minimum atomic E-state index is -0.459. The zero-order chi connectivity index (χ0) is 22.4. The van der Waals surface area contributed by atoms with Crippen molar-refractivity contribution in [1.29, 1.82) is 0 Å². The normalized spacial score (nSPS) is 15.0. The molecule has 0 aliphatic heterocycles. The maximum Gasteiger partial charge on any atom is 0.243 e. The van der Waals surface area contributed by atoms with Crippen LogP contribution in [0.4, 0.5) is 0 Å². The van der Waals surface area contributed by atoms with E-state index in [-0.39, 0.29) is 17.9 Å². The van der Waals surface area contributed by atoms with Gasteiger partial charge in [-0.05, 0) is 51.2 Å². The summed E-state index contributed by atoms with van der Waals surface area (Å²) in [5, 5.41) is 3.21. The Morgan fingerprint density at radius 2 is 1.61 bits per heavy atom. The monoisotopic (exact) mass is 420 g/mol. The van der Waals surface area contributed by atoms with Crippen molar-refractivity contribution in [2.24, 2.45) is 0 Å². The van der Waals surface area contributed by atoms with Gasteiger partial charge in [0.05, 0.1) is 6.42 Å². The van der Waals surface area contributed by atoms with Gasteiger partial charge in [-0.3, -0.25) is 9.59 Å². The van der Waals surface area contributed by atoms with E-state index in [1.807, 2.05) is 19.1 Å². The molecule has 1 aliphatic rings. The molecule has 0 bridgehead atoms. The van der Waals surface area contributed by atoms with E-state index in [1.165, 1.54) is 12.8 Å². The van der Waals surface area contributed by atoms with E-state index in [0.717, 1.165) is 40.7 Å². The second kappa shape index (κ2) is 10.6. The molecule has 1 aliphatic carbocycles. The molecule has 4 nitrogen and oxygen atoms in total. The molecular weight excluding hydrogens is 384 g/mol. The van der Waals surface area contributed by atoms with Crippen molar-refractivity contribution in [2.45, 2.75) is 84.8 Å². The van der Waals surface area contributed by atoms with Crippen LogP contribution in [0.2, 0.25) is 0 Å². The first-order chi connectivity index (χ1) is 14.9. The molecule has 1 N–H and O–H groups in total. The first-order valence-electron chi connectivity index (χ1n) is 11.6. The standard InChI is InChI=1S/C27H36N2O2/c1-5-25(27(31)28-24-11-6-7-12-24)29(18-22-10-8-9-19(2)14-22)26(30)17-23-15-20(3)13-21(4)16-23/h8-10,13-16,24-25H,5-7,11-12,17-18H2,1-4H3,(H,28,31)/t25-/m0/s1. The van der Waals surface area contributed by atoms with Gasteiger partial charge in [0.1, 0.15) is 6.04 Å². The average Bonchev–Trinajstić information content (AvgIpc) is 3.20. The lowest BCUT2D eigenvalue weighted by Crippen LogP contribution is -2.51. The smallest absolute Gasteiger partial charge is 0.243 e. The van der Waals surface area contributed by atoms with E-state index in [0.29, 0.717) is 19.4 Å². The largest absolute Gasteiger partial charge is 0.352 e. The Bertz CT molecular complexity index is 895. The Labute approximate surface area is 187 Å². The molecule has 1 fully saturated rings. The van der Waals surface area contributed by atoms with Crippen LogP contribution < -0.4 is 5.32 Å². The van der Waals surface area contributed by atoms with Gasteiger partial charge in [-0.2, -0.15) is 0 Å². The number of hydrogen-bond donors (Lipinski definition) is 1. The fourth-order valence-corrected chi connectivity index (χ4v) is 4.74. The molecule has 31 heavy (non-hydrogen) atoms. The summed E-state index contributed by atoms with van der Waals surface area (Å²) in [7, 11) is 0. The molecule has 0 aromatic heterocycles. The zero-order valence-corrected chi connectivity index (χ0v) is 19.4. The van der Waals surface area contributed by atoms with Crippen LogP contribution in [0.1, 0.15) is 66.8 Å². The lowest BCUT2D eigenvalue weighted by atomic mass is 10.0. The zero-order valence-electron chi connectivity index (χ0n) is 19.4. The highest BCUT2D eigenvalue weighted by Crippen LogP contribution is 2.20. The highest BCUT2D eigenvalue weighted by atomic mass is 16.2. The van der Waals surface area contributed by atoms with E-state index in [2.05, 4.69) is 56.4 Å². The molecule has 4 heteroatoms. The van der Waals surface area contributed by atoms with Crippen LogP contribution in [0.15, 0.2) is 42.5 Å². The lowest BCUT2D eigenvalue weighted by Gasteiger charge is -2.32. The summed E-state index contributed by atoms with van der Waals surface area (Å²) in [4.78, 5) is 28.5. The summed E-state index contributed by atoms with van der Waals surface area (Å²) >= 11 is 0. The fraction of sp³-hybridized carbons (Fsp3) is 0.481. The van der Waals surface area contributed by atoms with Crippen molar-refractivity contribution in [3.05, 3.63) is 70.3 Å². The predicted molar refractivity (Wildman–Crippen MR) is 126 cm³/mol. The molecule has 1 atom stereocenters. The third-order valence-corrected chi connectivity index (χ3v) is 6.16. The number of hydrogen-bond acceptors (Lipinski definition) is 2. The van der Waals surface area contributed by atoms with Gasteiger partial charge in [0.25, 0.3) is 0 Å². The summed E-state index contributed by atoms with van der Waals surface area (Å²) in [6, 6.07) is 14.2. The van der Waals surface area contributed by atoms with Crippen molar-refractivity contribution < 1.29 is 9.59 Å². The van der Waals surface area contributed by atoms with Crippen LogP contribution in [0.3, 0.4) is 0 Å². The molecule has 2 aromatic carbocycles. The molecule has 0 unspecified atom stereocenters.